The van der Waals surface area contributed by atoms with Gasteiger partial charge in [0, 0.05) is 5.41 Å². The van der Waals surface area contributed by atoms with E-state index in [1.807, 2.05) is 12.1 Å². The average molecular weight is 232 g/mol. The van der Waals surface area contributed by atoms with Gasteiger partial charge < -0.3 is 5.11 Å². The molecule has 0 atom stereocenters. The molecule has 0 radical (unpaired) electrons. The Balaban J connectivity index is 2.59. The van der Waals surface area contributed by atoms with Crippen molar-refractivity contribution in [3.8, 4) is 5.75 Å². The van der Waals surface area contributed by atoms with Crippen molar-refractivity contribution in [2.45, 2.75) is 52.4 Å². The van der Waals surface area contributed by atoms with Crippen LogP contribution >= 0.6 is 0 Å². The Kier molecular flexibility index (Phi) is 3.20. The van der Waals surface area contributed by atoms with Crippen molar-refractivity contribution in [3.05, 3.63) is 29.3 Å². The van der Waals surface area contributed by atoms with E-state index >= 15 is 0 Å². The lowest BCUT2D eigenvalue weighted by Gasteiger charge is -2.46. The molecule has 1 aromatic rings. The van der Waals surface area contributed by atoms with Crippen molar-refractivity contribution >= 4 is 0 Å². The van der Waals surface area contributed by atoms with Gasteiger partial charge >= 0.3 is 0 Å². The van der Waals surface area contributed by atoms with E-state index in [-0.39, 0.29) is 0 Å². The number of fused-ring (bicyclic) bond motifs is 1. The molecule has 0 bridgehead atoms. The zero-order valence-corrected chi connectivity index (χ0v) is 11.5. The predicted octanol–water partition coefficient (Wildman–Crippen LogP) is 4.28. The molecule has 1 heteroatoms. The van der Waals surface area contributed by atoms with E-state index < -0.39 is 0 Å². The number of aryl methyl sites for hydroxylation is 1. The first kappa shape index (κ1) is 12.5. The number of rotatable bonds is 2. The molecule has 1 aliphatic carbocycles. The first-order chi connectivity index (χ1) is 7.98. The Morgan fingerprint density at radius 1 is 1.12 bits per heavy atom. The van der Waals surface area contributed by atoms with Crippen molar-refractivity contribution in [2.24, 2.45) is 11.8 Å². The second-order valence-electron chi connectivity index (χ2n) is 6.04. The summed E-state index contributed by atoms with van der Waals surface area (Å²) in [6.45, 7) is 9.34. The number of phenolic OH excluding ortho intramolecular Hbond substituents is 1. The summed E-state index contributed by atoms with van der Waals surface area (Å²) in [6, 6.07) is 5.97. The fourth-order valence-electron chi connectivity index (χ4n) is 3.81. The molecule has 1 aromatic carbocycles. The van der Waals surface area contributed by atoms with Crippen molar-refractivity contribution in [1.82, 2.24) is 0 Å². The van der Waals surface area contributed by atoms with E-state index in [4.69, 9.17) is 0 Å². The maximum Gasteiger partial charge on any atom is 0.115 e. The van der Waals surface area contributed by atoms with E-state index in [2.05, 4.69) is 33.8 Å². The van der Waals surface area contributed by atoms with Crippen LogP contribution in [0.15, 0.2) is 18.2 Å². The zero-order chi connectivity index (χ0) is 12.6. The smallest absolute Gasteiger partial charge is 0.115 e. The molecule has 0 aromatic heterocycles. The summed E-state index contributed by atoms with van der Waals surface area (Å²) >= 11 is 0. The predicted molar refractivity (Wildman–Crippen MR) is 72.4 cm³/mol. The van der Waals surface area contributed by atoms with Crippen LogP contribution in [-0.4, -0.2) is 5.11 Å². The minimum Gasteiger partial charge on any atom is -0.508 e. The molecule has 1 N–H and O–H groups in total. The molecule has 0 saturated heterocycles. The van der Waals surface area contributed by atoms with Crippen LogP contribution in [0.2, 0.25) is 0 Å². The van der Waals surface area contributed by atoms with Gasteiger partial charge in [-0.2, -0.15) is 0 Å². The quantitative estimate of drug-likeness (QED) is 0.807. The third-order valence-electron chi connectivity index (χ3n) is 4.69. The first-order valence-corrected chi connectivity index (χ1v) is 6.81. The Morgan fingerprint density at radius 3 is 2.35 bits per heavy atom. The van der Waals surface area contributed by atoms with Crippen LogP contribution in [0, 0.1) is 11.8 Å². The molecule has 0 aliphatic heterocycles. The van der Waals surface area contributed by atoms with Gasteiger partial charge in [-0.05, 0) is 54.4 Å². The summed E-state index contributed by atoms with van der Waals surface area (Å²) in [5.41, 5.74) is 3.13. The highest BCUT2D eigenvalue weighted by Gasteiger charge is 2.41. The summed E-state index contributed by atoms with van der Waals surface area (Å²) in [5, 5.41) is 9.64. The molecule has 1 nitrogen and oxygen atoms in total. The molecule has 17 heavy (non-hydrogen) atoms. The van der Waals surface area contributed by atoms with Crippen molar-refractivity contribution in [2.75, 3.05) is 0 Å². The molecule has 0 fully saturated rings. The lowest BCUT2D eigenvalue weighted by molar-refractivity contribution is 0.185. The van der Waals surface area contributed by atoms with Crippen LogP contribution < -0.4 is 0 Å². The Hall–Kier alpha value is -0.980. The molecule has 0 saturated carbocycles. The summed E-state index contributed by atoms with van der Waals surface area (Å²) in [4.78, 5) is 0. The maximum absolute atomic E-state index is 9.64. The monoisotopic (exact) mass is 232 g/mol. The standard InChI is InChI=1S/C16H24O/c1-11(2)16(12(3)4)9-5-6-13-10-14(17)7-8-15(13)16/h7-8,10-12,17H,5-6,9H2,1-4H3. The molecule has 0 unspecified atom stereocenters. The number of aromatic hydroxyl groups is 1. The summed E-state index contributed by atoms with van der Waals surface area (Å²) in [5.74, 6) is 1.70. The highest BCUT2D eigenvalue weighted by atomic mass is 16.3. The van der Waals surface area contributed by atoms with Crippen molar-refractivity contribution in [1.29, 1.82) is 0 Å². The minimum absolute atomic E-state index is 0.293. The molecular weight excluding hydrogens is 208 g/mol. The number of phenols is 1. The topological polar surface area (TPSA) is 20.2 Å². The van der Waals surface area contributed by atoms with Crippen molar-refractivity contribution in [3.63, 3.8) is 0 Å². The van der Waals surface area contributed by atoms with Crippen LogP contribution in [0.1, 0.15) is 51.7 Å². The Morgan fingerprint density at radius 2 is 1.76 bits per heavy atom. The second kappa shape index (κ2) is 4.36. The third-order valence-corrected chi connectivity index (χ3v) is 4.69. The van der Waals surface area contributed by atoms with Crippen LogP contribution in [0.3, 0.4) is 0 Å². The summed E-state index contributed by atoms with van der Waals surface area (Å²) in [7, 11) is 0. The molecule has 94 valence electrons. The normalized spacial score (nSPS) is 18.5. The van der Waals surface area contributed by atoms with E-state index in [0.717, 1.165) is 6.42 Å². The average Bonchev–Trinajstić information content (AvgIpc) is 2.26. The number of hydrogen-bond acceptors (Lipinski definition) is 1. The van der Waals surface area contributed by atoms with Crippen LogP contribution in [-0.2, 0) is 11.8 Å². The van der Waals surface area contributed by atoms with Gasteiger partial charge in [-0.25, -0.2) is 0 Å². The minimum atomic E-state index is 0.293. The first-order valence-electron chi connectivity index (χ1n) is 6.81. The third kappa shape index (κ3) is 1.86. The lowest BCUT2D eigenvalue weighted by Crippen LogP contribution is -2.41. The van der Waals surface area contributed by atoms with E-state index in [9.17, 15) is 5.11 Å². The molecule has 2 rings (SSSR count). The van der Waals surface area contributed by atoms with Gasteiger partial charge in [0.15, 0.2) is 0 Å². The number of hydrogen-bond donors (Lipinski definition) is 1. The van der Waals surface area contributed by atoms with Gasteiger partial charge in [0.05, 0.1) is 0 Å². The van der Waals surface area contributed by atoms with Gasteiger partial charge in [-0.3, -0.25) is 0 Å². The van der Waals surface area contributed by atoms with Gasteiger partial charge in [0.1, 0.15) is 5.75 Å². The van der Waals surface area contributed by atoms with Gasteiger partial charge in [0.25, 0.3) is 0 Å². The van der Waals surface area contributed by atoms with Crippen LogP contribution in [0.5, 0.6) is 5.75 Å². The SMILES string of the molecule is CC(C)C1(C(C)C)CCCc2cc(O)ccc21. The van der Waals surface area contributed by atoms with E-state index in [0.29, 0.717) is 23.0 Å². The molecule has 0 heterocycles. The van der Waals surface area contributed by atoms with Crippen LogP contribution in [0.25, 0.3) is 0 Å². The fraction of sp³-hybridized carbons (Fsp3) is 0.625. The Bertz CT molecular complexity index is 396. The molecule has 0 spiro atoms. The summed E-state index contributed by atoms with van der Waals surface area (Å²) in [6.07, 6.45) is 3.64. The van der Waals surface area contributed by atoms with Gasteiger partial charge in [0.2, 0.25) is 0 Å². The maximum atomic E-state index is 9.64. The summed E-state index contributed by atoms with van der Waals surface area (Å²) < 4.78 is 0. The molecule has 1 aliphatic rings. The molecule has 0 amide bonds. The zero-order valence-electron chi connectivity index (χ0n) is 11.5. The van der Waals surface area contributed by atoms with Crippen LogP contribution in [0.4, 0.5) is 0 Å². The second-order valence-corrected chi connectivity index (χ2v) is 6.04. The largest absolute Gasteiger partial charge is 0.508 e. The van der Waals surface area contributed by atoms with E-state index in [1.54, 1.807) is 0 Å². The highest BCUT2D eigenvalue weighted by molar-refractivity contribution is 5.42. The van der Waals surface area contributed by atoms with Crippen molar-refractivity contribution < 1.29 is 5.11 Å². The Labute approximate surface area is 105 Å². The van der Waals surface area contributed by atoms with Gasteiger partial charge in [-0.1, -0.05) is 33.8 Å². The number of benzene rings is 1. The fourth-order valence-corrected chi connectivity index (χ4v) is 3.81. The highest BCUT2D eigenvalue weighted by Crippen LogP contribution is 2.48. The lowest BCUT2D eigenvalue weighted by atomic mass is 9.58. The molecular formula is C16H24O. The van der Waals surface area contributed by atoms with E-state index in [1.165, 1.54) is 24.0 Å². The van der Waals surface area contributed by atoms with Gasteiger partial charge in [-0.15, -0.1) is 0 Å².